The molecular formula is C21H43NO5. The van der Waals surface area contributed by atoms with E-state index in [2.05, 4.69) is 0 Å². The van der Waals surface area contributed by atoms with Crippen LogP contribution in [0.1, 0.15) is 89.0 Å². The summed E-state index contributed by atoms with van der Waals surface area (Å²) in [5.74, 6) is 0. The van der Waals surface area contributed by atoms with Gasteiger partial charge in [0.2, 0.25) is 0 Å². The van der Waals surface area contributed by atoms with Gasteiger partial charge in [-0.25, -0.2) is 4.79 Å². The highest BCUT2D eigenvalue weighted by atomic mass is 16.7. The van der Waals surface area contributed by atoms with Crippen molar-refractivity contribution in [1.82, 2.24) is 0 Å². The van der Waals surface area contributed by atoms with Crippen molar-refractivity contribution in [2.75, 3.05) is 0 Å². The van der Waals surface area contributed by atoms with Crippen LogP contribution < -0.4 is 5.73 Å². The molecule has 0 aromatic heterocycles. The van der Waals surface area contributed by atoms with Crippen molar-refractivity contribution in [2.45, 2.75) is 125 Å². The van der Waals surface area contributed by atoms with Crippen LogP contribution in [0, 0.1) is 5.41 Å². The van der Waals surface area contributed by atoms with Crippen molar-refractivity contribution < 1.29 is 23.7 Å². The summed E-state index contributed by atoms with van der Waals surface area (Å²) >= 11 is 0. The molecule has 0 rings (SSSR count). The summed E-state index contributed by atoms with van der Waals surface area (Å²) in [5.41, 5.74) is 4.26. The molecule has 0 amide bonds. The molecule has 0 spiro atoms. The van der Waals surface area contributed by atoms with Crippen molar-refractivity contribution >= 4 is 6.16 Å². The minimum Gasteiger partial charge on any atom is -0.431 e. The standard InChI is InChI=1S/C21H43NO5/c1-14(2)26-20(8,9)13-16(4)25-18(23)27-21(10,11)19(6,7)12-15(3)24-17(5)22/h14-17H,12-13,22H2,1-11H3. The van der Waals surface area contributed by atoms with Crippen LogP contribution in [-0.4, -0.2) is 41.9 Å². The van der Waals surface area contributed by atoms with E-state index in [9.17, 15) is 4.79 Å². The number of ether oxygens (including phenoxy) is 4. The van der Waals surface area contributed by atoms with E-state index >= 15 is 0 Å². The Kier molecular flexibility index (Phi) is 9.76. The first-order valence-electron chi connectivity index (χ1n) is 9.96. The molecule has 2 N–H and O–H groups in total. The Morgan fingerprint density at radius 3 is 1.85 bits per heavy atom. The number of hydrogen-bond acceptors (Lipinski definition) is 6. The second-order valence-corrected chi connectivity index (χ2v) is 9.66. The number of carbonyl (C=O) groups is 1. The van der Waals surface area contributed by atoms with Crippen LogP contribution in [0.15, 0.2) is 0 Å². The van der Waals surface area contributed by atoms with Crippen LogP contribution in [0.2, 0.25) is 0 Å². The fourth-order valence-electron chi connectivity index (χ4n) is 3.33. The predicted octanol–water partition coefficient (Wildman–Crippen LogP) is 5.03. The molecule has 0 fully saturated rings. The van der Waals surface area contributed by atoms with Gasteiger partial charge in [-0.1, -0.05) is 13.8 Å². The number of rotatable bonds is 11. The van der Waals surface area contributed by atoms with E-state index in [0.29, 0.717) is 12.8 Å². The third kappa shape index (κ3) is 10.3. The van der Waals surface area contributed by atoms with Gasteiger partial charge in [-0.2, -0.15) is 0 Å². The molecule has 0 heterocycles. The first kappa shape index (κ1) is 26.1. The maximum absolute atomic E-state index is 12.4. The fourth-order valence-corrected chi connectivity index (χ4v) is 3.33. The molecule has 0 saturated carbocycles. The highest BCUT2D eigenvalue weighted by Crippen LogP contribution is 2.39. The van der Waals surface area contributed by atoms with Gasteiger partial charge in [0, 0.05) is 11.8 Å². The predicted molar refractivity (Wildman–Crippen MR) is 109 cm³/mol. The summed E-state index contributed by atoms with van der Waals surface area (Å²) in [4.78, 5) is 12.4. The van der Waals surface area contributed by atoms with Gasteiger partial charge in [-0.15, -0.1) is 0 Å². The van der Waals surface area contributed by atoms with Crippen LogP contribution >= 0.6 is 0 Å². The smallest absolute Gasteiger partial charge is 0.431 e. The molecule has 0 aromatic carbocycles. The van der Waals surface area contributed by atoms with Crippen LogP contribution in [-0.2, 0) is 18.9 Å². The molecule has 3 unspecified atom stereocenters. The zero-order valence-corrected chi connectivity index (χ0v) is 19.3. The Hall–Kier alpha value is -0.850. The van der Waals surface area contributed by atoms with Crippen molar-refractivity contribution in [3.8, 4) is 0 Å². The third-order valence-corrected chi connectivity index (χ3v) is 4.84. The lowest BCUT2D eigenvalue weighted by Gasteiger charge is -2.42. The van der Waals surface area contributed by atoms with E-state index in [1.54, 1.807) is 6.92 Å². The highest BCUT2D eigenvalue weighted by Gasteiger charge is 2.42. The number of nitrogens with two attached hydrogens (primary N) is 1. The highest BCUT2D eigenvalue weighted by molar-refractivity contribution is 5.60. The van der Waals surface area contributed by atoms with Gasteiger partial charge in [-0.3, -0.25) is 0 Å². The first-order chi connectivity index (χ1) is 12.0. The van der Waals surface area contributed by atoms with Crippen LogP contribution in [0.5, 0.6) is 0 Å². The van der Waals surface area contributed by atoms with E-state index in [1.165, 1.54) is 0 Å². The van der Waals surface area contributed by atoms with Gasteiger partial charge in [-0.05, 0) is 68.7 Å². The quantitative estimate of drug-likeness (QED) is 0.394. The van der Waals surface area contributed by atoms with Crippen molar-refractivity contribution in [1.29, 1.82) is 0 Å². The Balaban J connectivity index is 4.76. The number of hydrogen-bond donors (Lipinski definition) is 1. The molecule has 0 radical (unpaired) electrons. The molecule has 0 bridgehead atoms. The summed E-state index contributed by atoms with van der Waals surface area (Å²) in [6, 6.07) is 0. The summed E-state index contributed by atoms with van der Waals surface area (Å²) in [6.45, 7) is 21.5. The Labute approximate surface area is 166 Å². The zero-order valence-electron chi connectivity index (χ0n) is 19.3. The third-order valence-electron chi connectivity index (χ3n) is 4.84. The summed E-state index contributed by atoms with van der Waals surface area (Å²) in [7, 11) is 0. The molecule has 162 valence electrons. The lowest BCUT2D eigenvalue weighted by Crippen LogP contribution is -2.46. The maximum Gasteiger partial charge on any atom is 0.509 e. The molecule has 6 nitrogen and oxygen atoms in total. The van der Waals surface area contributed by atoms with E-state index in [-0.39, 0.29) is 35.6 Å². The monoisotopic (exact) mass is 389 g/mol. The minimum atomic E-state index is -0.733. The molecule has 0 aliphatic carbocycles. The molecule has 0 saturated heterocycles. The molecule has 27 heavy (non-hydrogen) atoms. The SMILES string of the molecule is CC(C)OC(C)(C)CC(C)OC(=O)OC(C)(C)C(C)(C)CC(C)OC(C)N. The summed E-state index contributed by atoms with van der Waals surface area (Å²) in [6.07, 6.45) is 0.0311. The van der Waals surface area contributed by atoms with E-state index in [4.69, 9.17) is 24.7 Å². The molecule has 6 heteroatoms. The topological polar surface area (TPSA) is 80.0 Å². The lowest BCUT2D eigenvalue weighted by molar-refractivity contribution is -0.118. The van der Waals surface area contributed by atoms with Crippen LogP contribution in [0.4, 0.5) is 4.79 Å². The van der Waals surface area contributed by atoms with Crippen molar-refractivity contribution in [2.24, 2.45) is 11.1 Å². The van der Waals surface area contributed by atoms with E-state index in [0.717, 1.165) is 0 Å². The molecular weight excluding hydrogens is 346 g/mol. The van der Waals surface area contributed by atoms with Gasteiger partial charge in [0.25, 0.3) is 0 Å². The van der Waals surface area contributed by atoms with Crippen LogP contribution in [0.25, 0.3) is 0 Å². The zero-order chi connectivity index (χ0) is 21.6. The van der Waals surface area contributed by atoms with Crippen molar-refractivity contribution in [3.05, 3.63) is 0 Å². The average Bonchev–Trinajstić information content (AvgIpc) is 2.31. The van der Waals surface area contributed by atoms with Gasteiger partial charge < -0.3 is 24.7 Å². The molecule has 0 aliphatic rings. The van der Waals surface area contributed by atoms with Gasteiger partial charge in [0.1, 0.15) is 17.9 Å². The van der Waals surface area contributed by atoms with Crippen LogP contribution in [0.3, 0.4) is 0 Å². The van der Waals surface area contributed by atoms with Crippen molar-refractivity contribution in [3.63, 3.8) is 0 Å². The lowest BCUT2D eigenvalue weighted by atomic mass is 9.73. The Morgan fingerprint density at radius 2 is 1.41 bits per heavy atom. The second kappa shape index (κ2) is 10.1. The molecule has 0 aliphatic heterocycles. The normalized spacial score (nSPS) is 16.8. The largest absolute Gasteiger partial charge is 0.509 e. The summed E-state index contributed by atoms with van der Waals surface area (Å²) in [5, 5.41) is 0. The molecule has 3 atom stereocenters. The van der Waals surface area contributed by atoms with Gasteiger partial charge >= 0.3 is 6.16 Å². The average molecular weight is 390 g/mol. The van der Waals surface area contributed by atoms with E-state index < -0.39 is 11.8 Å². The Morgan fingerprint density at radius 1 is 0.889 bits per heavy atom. The minimum absolute atomic E-state index is 0.0493. The maximum atomic E-state index is 12.4. The summed E-state index contributed by atoms with van der Waals surface area (Å²) < 4.78 is 22.7. The number of carbonyl (C=O) groups excluding carboxylic acids is 1. The van der Waals surface area contributed by atoms with Gasteiger partial charge in [0.05, 0.1) is 17.8 Å². The van der Waals surface area contributed by atoms with E-state index in [1.807, 2.05) is 69.2 Å². The second-order valence-electron chi connectivity index (χ2n) is 9.66. The fraction of sp³-hybridized carbons (Fsp3) is 0.952. The van der Waals surface area contributed by atoms with Gasteiger partial charge in [0.15, 0.2) is 0 Å². The first-order valence-corrected chi connectivity index (χ1v) is 9.96. The Bertz CT molecular complexity index is 457. The molecule has 0 aromatic rings.